The molecule has 0 unspecified atom stereocenters. The van der Waals surface area contributed by atoms with E-state index in [1.807, 2.05) is 41.9 Å². The maximum atomic E-state index is 13.6. The molecule has 0 bridgehead atoms. The summed E-state index contributed by atoms with van der Waals surface area (Å²) in [5.74, 6) is 1.06. The average molecular weight is 484 g/mol. The van der Waals surface area contributed by atoms with Crippen LogP contribution in [-0.4, -0.2) is 26.7 Å². The fourth-order valence-corrected chi connectivity index (χ4v) is 5.33. The van der Waals surface area contributed by atoms with Gasteiger partial charge in [0.2, 0.25) is 17.0 Å². The highest BCUT2D eigenvalue weighted by atomic mass is 32.2. The summed E-state index contributed by atoms with van der Waals surface area (Å²) in [6.45, 7) is 6.20. The molecule has 1 amide bonds. The van der Waals surface area contributed by atoms with Crippen LogP contribution in [0.15, 0.2) is 84.0 Å². The van der Waals surface area contributed by atoms with E-state index in [4.69, 9.17) is 10.1 Å². The molecule has 0 aliphatic carbocycles. The Kier molecular flexibility index (Phi) is 6.59. The molecule has 0 fully saturated rings. The van der Waals surface area contributed by atoms with Gasteiger partial charge in [-0.3, -0.25) is 4.79 Å². The van der Waals surface area contributed by atoms with Gasteiger partial charge in [-0.25, -0.2) is 4.68 Å². The molecule has 35 heavy (non-hydrogen) atoms. The molecule has 0 radical (unpaired) electrons. The molecule has 6 nitrogen and oxygen atoms in total. The maximum Gasteiger partial charge on any atom is 0.232 e. The van der Waals surface area contributed by atoms with Crippen LogP contribution in [0.3, 0.4) is 0 Å². The van der Waals surface area contributed by atoms with Crippen LogP contribution >= 0.6 is 11.8 Å². The number of hydrogen-bond acceptors (Lipinski definition) is 5. The second-order valence-electron chi connectivity index (χ2n) is 9.11. The molecule has 0 spiro atoms. The predicted octanol–water partition coefficient (Wildman–Crippen LogP) is 5.85. The number of rotatable bonds is 6. The number of amides is 1. The van der Waals surface area contributed by atoms with E-state index in [-0.39, 0.29) is 23.9 Å². The molecule has 2 heterocycles. The smallest absolute Gasteiger partial charge is 0.232 e. The molecule has 0 saturated heterocycles. The van der Waals surface area contributed by atoms with Crippen LogP contribution in [0.4, 0.5) is 11.6 Å². The minimum absolute atomic E-state index is 0.0445. The van der Waals surface area contributed by atoms with E-state index in [0.717, 1.165) is 17.0 Å². The van der Waals surface area contributed by atoms with E-state index >= 15 is 0 Å². The number of benzene rings is 3. The van der Waals surface area contributed by atoms with Crippen LogP contribution < -0.4 is 10.6 Å². The molecule has 7 heteroatoms. The topological polar surface area (TPSA) is 71.8 Å². The highest BCUT2D eigenvalue weighted by Crippen LogP contribution is 2.38. The lowest BCUT2D eigenvalue weighted by molar-refractivity contribution is -0.121. The number of aromatic nitrogens is 3. The Labute approximate surface area is 210 Å². The lowest BCUT2D eigenvalue weighted by Gasteiger charge is -2.36. The quantitative estimate of drug-likeness (QED) is 0.337. The fourth-order valence-electron chi connectivity index (χ4n) is 4.56. The number of nitrogens with zero attached hydrogens (tertiary/aromatic N) is 3. The Balaban J connectivity index is 1.47. The molecule has 1 aliphatic rings. The number of anilines is 2. The third-order valence-electron chi connectivity index (χ3n) is 6.32. The molecule has 3 aromatic carbocycles. The summed E-state index contributed by atoms with van der Waals surface area (Å²) in [5, 5.41) is 12.1. The van der Waals surface area contributed by atoms with E-state index in [9.17, 15) is 4.79 Å². The van der Waals surface area contributed by atoms with Gasteiger partial charge >= 0.3 is 0 Å². The number of carbonyl (C=O) groups is 1. The number of thioether (sulfide) groups is 1. The fraction of sp³-hybridized carbons (Fsp3) is 0.250. The molecule has 3 atom stereocenters. The summed E-state index contributed by atoms with van der Waals surface area (Å²) in [4.78, 5) is 18.4. The Morgan fingerprint density at radius 1 is 1.00 bits per heavy atom. The van der Waals surface area contributed by atoms with Crippen LogP contribution in [0.25, 0.3) is 0 Å². The van der Waals surface area contributed by atoms with Crippen molar-refractivity contribution in [3.63, 3.8) is 0 Å². The average Bonchev–Trinajstić information content (AvgIpc) is 3.25. The summed E-state index contributed by atoms with van der Waals surface area (Å²) >= 11 is 1.61. The number of aryl methyl sites for hydroxylation is 2. The van der Waals surface area contributed by atoms with Crippen LogP contribution in [0, 0.1) is 19.8 Å². The Hall–Kier alpha value is -3.58. The van der Waals surface area contributed by atoms with Crippen molar-refractivity contribution in [2.75, 3.05) is 10.6 Å². The lowest BCUT2D eigenvalue weighted by atomic mass is 9.85. The molecule has 1 aromatic heterocycles. The second kappa shape index (κ2) is 9.96. The molecule has 2 N–H and O–H groups in total. The standard InChI is InChI=1S/C28H29N5OS/c1-18-12-14-22(15-13-18)25-24(26(34)30-23-10-5-4-6-11-23)20(3)29-27-31-28(32-33(25)27)35-17-21-9-7-8-19(2)16-21/h4-16,20,24-25H,17H2,1-3H3,(H,30,34)(H,29,31,32)/t20-,24-,25+/m0/s1. The van der Waals surface area contributed by atoms with Gasteiger partial charge in [-0.1, -0.05) is 89.6 Å². The normalized spacial score (nSPS) is 19.0. The Bertz CT molecular complexity index is 1320. The molecular weight excluding hydrogens is 454 g/mol. The highest BCUT2D eigenvalue weighted by Gasteiger charge is 2.42. The Morgan fingerprint density at radius 3 is 2.51 bits per heavy atom. The first-order valence-corrected chi connectivity index (χ1v) is 12.8. The van der Waals surface area contributed by atoms with E-state index in [2.05, 4.69) is 73.0 Å². The second-order valence-corrected chi connectivity index (χ2v) is 10.1. The van der Waals surface area contributed by atoms with Gasteiger partial charge in [-0.2, -0.15) is 4.98 Å². The van der Waals surface area contributed by atoms with Crippen LogP contribution in [0.2, 0.25) is 0 Å². The Morgan fingerprint density at radius 2 is 1.77 bits per heavy atom. The number of hydrogen-bond donors (Lipinski definition) is 2. The van der Waals surface area contributed by atoms with Gasteiger partial charge in [0.15, 0.2) is 0 Å². The van der Waals surface area contributed by atoms with Gasteiger partial charge in [-0.05, 0) is 44.0 Å². The van der Waals surface area contributed by atoms with Crippen molar-refractivity contribution in [1.29, 1.82) is 0 Å². The number of fused-ring (bicyclic) bond motifs is 1. The zero-order chi connectivity index (χ0) is 24.4. The van der Waals surface area contributed by atoms with E-state index in [1.54, 1.807) is 11.8 Å². The van der Waals surface area contributed by atoms with E-state index < -0.39 is 0 Å². The first kappa shape index (κ1) is 23.2. The van der Waals surface area contributed by atoms with Crippen molar-refractivity contribution in [3.05, 3.63) is 101 Å². The first-order chi connectivity index (χ1) is 17.0. The summed E-state index contributed by atoms with van der Waals surface area (Å²) in [7, 11) is 0. The highest BCUT2D eigenvalue weighted by molar-refractivity contribution is 7.98. The van der Waals surface area contributed by atoms with Crippen molar-refractivity contribution >= 4 is 29.3 Å². The molecule has 5 rings (SSSR count). The number of nitrogens with one attached hydrogen (secondary N) is 2. The zero-order valence-electron chi connectivity index (χ0n) is 20.1. The minimum atomic E-state index is -0.373. The molecular formula is C28H29N5OS. The third kappa shape index (κ3) is 5.10. The minimum Gasteiger partial charge on any atom is -0.351 e. The van der Waals surface area contributed by atoms with Gasteiger partial charge < -0.3 is 10.6 Å². The van der Waals surface area contributed by atoms with Crippen LogP contribution in [0.5, 0.6) is 0 Å². The van der Waals surface area contributed by atoms with Gasteiger partial charge in [-0.15, -0.1) is 5.10 Å². The van der Waals surface area contributed by atoms with E-state index in [1.165, 1.54) is 16.7 Å². The molecule has 4 aromatic rings. The SMILES string of the molecule is Cc1ccc([C@@H]2[C@@H](C(=O)Nc3ccccc3)[C@H](C)Nc3nc(SCc4cccc(C)c4)nn32)cc1. The van der Waals surface area contributed by atoms with Crippen LogP contribution in [0.1, 0.15) is 35.2 Å². The molecule has 178 valence electrons. The van der Waals surface area contributed by atoms with E-state index in [0.29, 0.717) is 11.1 Å². The number of carbonyl (C=O) groups excluding carboxylic acids is 1. The number of para-hydroxylation sites is 1. The van der Waals surface area contributed by atoms with Gasteiger partial charge in [0, 0.05) is 17.5 Å². The summed E-state index contributed by atoms with van der Waals surface area (Å²) < 4.78 is 1.89. The predicted molar refractivity (Wildman–Crippen MR) is 142 cm³/mol. The van der Waals surface area contributed by atoms with Gasteiger partial charge in [0.1, 0.15) is 0 Å². The largest absolute Gasteiger partial charge is 0.351 e. The summed E-state index contributed by atoms with van der Waals surface area (Å²) in [6, 6.07) is 26.0. The first-order valence-electron chi connectivity index (χ1n) is 11.8. The third-order valence-corrected chi connectivity index (χ3v) is 7.23. The monoisotopic (exact) mass is 483 g/mol. The van der Waals surface area contributed by atoms with Gasteiger partial charge in [0.25, 0.3) is 0 Å². The van der Waals surface area contributed by atoms with Crippen molar-refractivity contribution in [2.45, 2.75) is 43.8 Å². The van der Waals surface area contributed by atoms with Crippen LogP contribution in [-0.2, 0) is 10.5 Å². The van der Waals surface area contributed by atoms with Gasteiger partial charge in [0.05, 0.1) is 12.0 Å². The van der Waals surface area contributed by atoms with Crippen molar-refractivity contribution in [3.8, 4) is 0 Å². The van der Waals surface area contributed by atoms with Crippen molar-refractivity contribution in [1.82, 2.24) is 14.8 Å². The molecule has 0 saturated carbocycles. The summed E-state index contributed by atoms with van der Waals surface area (Å²) in [5.41, 5.74) is 5.47. The maximum absolute atomic E-state index is 13.6. The summed E-state index contributed by atoms with van der Waals surface area (Å²) in [6.07, 6.45) is 0. The van der Waals surface area contributed by atoms with Crippen molar-refractivity contribution in [2.24, 2.45) is 5.92 Å². The molecule has 1 aliphatic heterocycles. The lowest BCUT2D eigenvalue weighted by Crippen LogP contribution is -2.46. The zero-order valence-corrected chi connectivity index (χ0v) is 20.9. The van der Waals surface area contributed by atoms with Crippen molar-refractivity contribution < 1.29 is 4.79 Å².